The summed E-state index contributed by atoms with van der Waals surface area (Å²) in [5.74, 6) is -2.00. The molecule has 1 amide bonds. The third kappa shape index (κ3) is 7.66. The van der Waals surface area contributed by atoms with Crippen molar-refractivity contribution in [1.82, 2.24) is 14.8 Å². The van der Waals surface area contributed by atoms with Gasteiger partial charge in [0, 0.05) is 55.6 Å². The number of carboxylic acid groups (broad SMARTS) is 2. The minimum absolute atomic E-state index is 0.0629. The number of likely N-dealkylation sites (tertiary alicyclic amines) is 1. The number of aliphatic hydroxyl groups is 2. The van der Waals surface area contributed by atoms with Crippen LogP contribution in [0.25, 0.3) is 10.9 Å². The standard InChI is InChI=1S/C29H35N3O4.C4H6O6/c1-29(2)18-25(33)22-7-8-26(35-4)23(27(22)36-29)12-15-31-13-10-21(11-14-31)32-16-9-19-5-6-20(17-24(19)32)28(34)30-3;5-1(3(7)8)2(6)4(9)10/h5-9,16-17,21H,10-15,18H2,1-4H3,(H,30,34);1-2,5-6H,(H,7,8)(H,9,10). The Bertz CT molecular complexity index is 1590. The largest absolute Gasteiger partial charge is 0.496 e. The Hall–Kier alpha value is -4.46. The number of ether oxygens (including phenoxy) is 2. The van der Waals surface area contributed by atoms with Gasteiger partial charge in [-0.05, 0) is 68.8 Å². The molecule has 3 aromatic rings. The van der Waals surface area contributed by atoms with Crippen LogP contribution >= 0.6 is 0 Å². The first-order chi connectivity index (χ1) is 21.8. The van der Waals surface area contributed by atoms with Gasteiger partial charge in [0.2, 0.25) is 0 Å². The van der Waals surface area contributed by atoms with Gasteiger partial charge >= 0.3 is 11.9 Å². The molecule has 2 aliphatic rings. The van der Waals surface area contributed by atoms with Gasteiger partial charge in [-0.2, -0.15) is 0 Å². The molecule has 13 nitrogen and oxygen atoms in total. The van der Waals surface area contributed by atoms with Gasteiger partial charge in [0.1, 0.15) is 17.1 Å². The van der Waals surface area contributed by atoms with Gasteiger partial charge in [-0.25, -0.2) is 9.59 Å². The SMILES string of the molecule is CNC(=O)c1ccc2ccn(C3CCN(CCc4c(OC)ccc5c4OC(C)(C)CC5=O)CC3)c2c1.O=C(O)C(O)C(O)C(=O)O. The van der Waals surface area contributed by atoms with Crippen LogP contribution in [0.1, 0.15) is 65.4 Å². The van der Waals surface area contributed by atoms with Crippen molar-refractivity contribution in [2.24, 2.45) is 0 Å². The number of rotatable bonds is 9. The number of methoxy groups -OCH3 is 1. The molecule has 1 fully saturated rings. The van der Waals surface area contributed by atoms with Crippen molar-refractivity contribution in [2.45, 2.75) is 63.4 Å². The molecule has 5 N–H and O–H groups in total. The second-order valence-corrected chi connectivity index (χ2v) is 12.0. The predicted octanol–water partition coefficient (Wildman–Crippen LogP) is 2.51. The molecule has 2 aromatic carbocycles. The zero-order chi connectivity index (χ0) is 33.8. The minimum atomic E-state index is -2.27. The second kappa shape index (κ2) is 14.3. The van der Waals surface area contributed by atoms with Crippen molar-refractivity contribution < 1.29 is 49.1 Å². The van der Waals surface area contributed by atoms with Crippen molar-refractivity contribution >= 4 is 34.5 Å². The number of Topliss-reactive ketones (excluding diaryl/α,β-unsaturated/α-hetero) is 1. The lowest BCUT2D eigenvalue weighted by Gasteiger charge is -2.35. The van der Waals surface area contributed by atoms with Gasteiger partial charge in [-0.15, -0.1) is 0 Å². The Balaban J connectivity index is 0.000000416. The van der Waals surface area contributed by atoms with Crippen LogP contribution in [0.15, 0.2) is 42.6 Å². The maximum absolute atomic E-state index is 12.7. The molecule has 2 atom stereocenters. The summed E-state index contributed by atoms with van der Waals surface area (Å²) in [6.07, 6.45) is 0.853. The summed E-state index contributed by atoms with van der Waals surface area (Å²) in [5.41, 5.74) is 2.93. The van der Waals surface area contributed by atoms with E-state index in [9.17, 15) is 19.2 Å². The van der Waals surface area contributed by atoms with Crippen LogP contribution in [0.2, 0.25) is 0 Å². The highest BCUT2D eigenvalue weighted by Gasteiger charge is 2.35. The van der Waals surface area contributed by atoms with Crippen LogP contribution < -0.4 is 14.8 Å². The van der Waals surface area contributed by atoms with Crippen molar-refractivity contribution in [1.29, 1.82) is 0 Å². The van der Waals surface area contributed by atoms with Gasteiger partial charge in [-0.3, -0.25) is 9.59 Å². The maximum Gasteiger partial charge on any atom is 0.335 e. The molecule has 1 aromatic heterocycles. The van der Waals surface area contributed by atoms with E-state index in [1.54, 1.807) is 14.2 Å². The Morgan fingerprint density at radius 3 is 2.28 bits per heavy atom. The number of aliphatic hydroxyl groups excluding tert-OH is 2. The lowest BCUT2D eigenvalue weighted by Crippen LogP contribution is -2.39. The lowest BCUT2D eigenvalue weighted by atomic mass is 9.90. The Kier molecular flexibility index (Phi) is 10.7. The van der Waals surface area contributed by atoms with E-state index in [-0.39, 0.29) is 11.7 Å². The summed E-state index contributed by atoms with van der Waals surface area (Å²) in [4.78, 5) is 46.9. The quantitative estimate of drug-likeness (QED) is 0.231. The first-order valence-corrected chi connectivity index (χ1v) is 15.0. The van der Waals surface area contributed by atoms with Crippen molar-refractivity contribution in [3.05, 3.63) is 59.3 Å². The molecule has 0 spiro atoms. The topological polar surface area (TPSA) is 188 Å². The third-order valence-electron chi connectivity index (χ3n) is 8.35. The van der Waals surface area contributed by atoms with Crippen molar-refractivity contribution in [3.8, 4) is 11.5 Å². The Morgan fingerprint density at radius 2 is 1.70 bits per heavy atom. The number of nitrogens with zero attached hydrogens (tertiary/aromatic N) is 2. The lowest BCUT2D eigenvalue weighted by molar-refractivity contribution is -0.165. The van der Waals surface area contributed by atoms with Crippen LogP contribution in [0.3, 0.4) is 0 Å². The number of hydrogen-bond donors (Lipinski definition) is 5. The van der Waals surface area contributed by atoms with Gasteiger partial charge in [0.25, 0.3) is 5.91 Å². The molecule has 2 unspecified atom stereocenters. The number of fused-ring (bicyclic) bond motifs is 2. The monoisotopic (exact) mass is 639 g/mol. The van der Waals surface area contributed by atoms with Gasteiger partial charge in [-0.1, -0.05) is 6.07 Å². The molecule has 2 aliphatic heterocycles. The highest BCUT2D eigenvalue weighted by atomic mass is 16.5. The molecular weight excluding hydrogens is 598 g/mol. The normalized spacial score (nSPS) is 17.6. The fraction of sp³-hybridized carbons (Fsp3) is 0.455. The van der Waals surface area contributed by atoms with Gasteiger partial charge in [0.15, 0.2) is 18.0 Å². The van der Waals surface area contributed by atoms with E-state index in [2.05, 4.69) is 27.0 Å². The number of carbonyl (C=O) groups is 4. The van der Waals surface area contributed by atoms with Crippen LogP contribution in [-0.4, -0.2) is 105 Å². The fourth-order valence-corrected chi connectivity index (χ4v) is 5.88. The minimum Gasteiger partial charge on any atom is -0.496 e. The Morgan fingerprint density at radius 1 is 1.04 bits per heavy atom. The highest BCUT2D eigenvalue weighted by molar-refractivity contribution is 6.01. The molecule has 1 saturated heterocycles. The second-order valence-electron chi connectivity index (χ2n) is 12.0. The average Bonchev–Trinajstić information content (AvgIpc) is 3.45. The highest BCUT2D eigenvalue weighted by Crippen LogP contribution is 2.40. The average molecular weight is 640 g/mol. The van der Waals surface area contributed by atoms with Crippen molar-refractivity contribution in [2.75, 3.05) is 33.8 Å². The van der Waals surface area contributed by atoms with E-state index in [0.717, 1.165) is 61.1 Å². The maximum atomic E-state index is 12.7. The van der Waals surface area contributed by atoms with E-state index >= 15 is 0 Å². The smallest absolute Gasteiger partial charge is 0.335 e. The number of nitrogens with one attached hydrogen (secondary N) is 1. The zero-order valence-electron chi connectivity index (χ0n) is 26.4. The third-order valence-corrected chi connectivity index (χ3v) is 8.35. The number of ketones is 1. The number of aliphatic carboxylic acids is 2. The first kappa shape index (κ1) is 34.4. The summed E-state index contributed by atoms with van der Waals surface area (Å²) in [6.45, 7) is 6.78. The van der Waals surface area contributed by atoms with E-state index < -0.39 is 29.7 Å². The summed E-state index contributed by atoms with van der Waals surface area (Å²) in [5, 5.41) is 36.4. The van der Waals surface area contributed by atoms with Crippen molar-refractivity contribution in [3.63, 3.8) is 0 Å². The predicted molar refractivity (Wildman–Crippen MR) is 168 cm³/mol. The molecule has 46 heavy (non-hydrogen) atoms. The molecular formula is C33H41N3O10. The number of piperidine rings is 1. The molecule has 0 saturated carbocycles. The van der Waals surface area contributed by atoms with E-state index in [1.165, 1.54) is 0 Å². The number of carboxylic acids is 2. The van der Waals surface area contributed by atoms with E-state index in [0.29, 0.717) is 29.3 Å². The summed E-state index contributed by atoms with van der Waals surface area (Å²) >= 11 is 0. The number of carbonyl (C=O) groups excluding carboxylic acids is 2. The van der Waals surface area contributed by atoms with Gasteiger partial charge in [0.05, 0.1) is 19.1 Å². The number of benzene rings is 2. The van der Waals surface area contributed by atoms with Crippen LogP contribution in [0, 0.1) is 0 Å². The number of aromatic nitrogens is 1. The zero-order valence-corrected chi connectivity index (χ0v) is 26.4. The molecule has 248 valence electrons. The molecule has 0 radical (unpaired) electrons. The molecule has 0 aliphatic carbocycles. The molecule has 13 heteroatoms. The van der Waals surface area contributed by atoms with Crippen LogP contribution in [0.4, 0.5) is 0 Å². The molecule has 5 rings (SSSR count). The van der Waals surface area contributed by atoms with E-state index in [4.69, 9.17) is 29.9 Å². The molecule has 3 heterocycles. The van der Waals surface area contributed by atoms with E-state index in [1.807, 2.05) is 44.2 Å². The first-order valence-electron chi connectivity index (χ1n) is 15.0. The molecule has 0 bridgehead atoms. The Labute approximate surface area is 266 Å². The van der Waals surface area contributed by atoms with Crippen LogP contribution in [0.5, 0.6) is 11.5 Å². The number of amides is 1. The summed E-state index contributed by atoms with van der Waals surface area (Å²) in [7, 11) is 3.33. The van der Waals surface area contributed by atoms with Gasteiger partial charge < -0.3 is 44.7 Å². The fourth-order valence-electron chi connectivity index (χ4n) is 5.88. The van der Waals surface area contributed by atoms with Crippen LogP contribution in [-0.2, 0) is 16.0 Å². The number of hydrogen-bond acceptors (Lipinski definition) is 9. The summed E-state index contributed by atoms with van der Waals surface area (Å²) < 4.78 is 14.3. The summed E-state index contributed by atoms with van der Waals surface area (Å²) in [6, 6.07) is 12.1.